The molecule has 2 heterocycles. The fraction of sp³-hybridized carbons (Fsp3) is 0.667. The maximum Gasteiger partial charge on any atom is 0.138 e. The fourth-order valence-electron chi connectivity index (χ4n) is 2.61. The van der Waals surface area contributed by atoms with E-state index in [2.05, 4.69) is 4.98 Å². The van der Waals surface area contributed by atoms with Gasteiger partial charge in [0.15, 0.2) is 0 Å². The number of pyridine rings is 1. The summed E-state index contributed by atoms with van der Waals surface area (Å²) in [5, 5.41) is 0. The minimum Gasteiger partial charge on any atom is -0.489 e. The lowest BCUT2D eigenvalue weighted by atomic mass is 9.83. The zero-order valence-corrected chi connectivity index (χ0v) is 12.5. The van der Waals surface area contributed by atoms with Crippen molar-refractivity contribution < 1.29 is 14.2 Å². The number of hydrogen-bond acceptors (Lipinski definition) is 5. The smallest absolute Gasteiger partial charge is 0.138 e. The van der Waals surface area contributed by atoms with E-state index in [4.69, 9.17) is 19.9 Å². The third kappa shape index (κ3) is 3.29. The number of aromatic nitrogens is 1. The van der Waals surface area contributed by atoms with Crippen molar-refractivity contribution in [3.63, 3.8) is 0 Å². The molecule has 1 unspecified atom stereocenters. The number of hydrogen-bond donors (Lipinski definition) is 1. The number of nitrogens with zero attached hydrogens (tertiary/aromatic N) is 1. The molecule has 1 saturated heterocycles. The highest BCUT2D eigenvalue weighted by Crippen LogP contribution is 2.36. The summed E-state index contributed by atoms with van der Waals surface area (Å²) in [6.07, 6.45) is 5.19. The number of rotatable bonds is 5. The summed E-state index contributed by atoms with van der Waals surface area (Å²) in [6, 6.07) is 1.72. The molecule has 5 nitrogen and oxygen atoms in total. The molecule has 0 bridgehead atoms. The average molecular weight is 280 g/mol. The first kappa shape index (κ1) is 15.2. The quantitative estimate of drug-likeness (QED) is 0.894. The van der Waals surface area contributed by atoms with Gasteiger partial charge in [0.2, 0.25) is 0 Å². The van der Waals surface area contributed by atoms with Gasteiger partial charge in [0, 0.05) is 39.4 Å². The summed E-state index contributed by atoms with van der Waals surface area (Å²) in [6.45, 7) is 5.33. The van der Waals surface area contributed by atoms with Gasteiger partial charge >= 0.3 is 0 Å². The van der Waals surface area contributed by atoms with Gasteiger partial charge in [0.25, 0.3) is 0 Å². The topological polar surface area (TPSA) is 66.6 Å². The molecule has 1 atom stereocenters. The maximum atomic E-state index is 6.44. The normalized spacial score (nSPS) is 19.9. The summed E-state index contributed by atoms with van der Waals surface area (Å²) in [7, 11) is 1.72. The predicted octanol–water partition coefficient (Wildman–Crippen LogP) is 2.06. The second-order valence-corrected chi connectivity index (χ2v) is 5.48. The highest BCUT2D eigenvalue weighted by molar-refractivity contribution is 5.28. The van der Waals surface area contributed by atoms with Gasteiger partial charge in [-0.15, -0.1) is 0 Å². The van der Waals surface area contributed by atoms with Crippen molar-refractivity contribution in [3.05, 3.63) is 24.0 Å². The van der Waals surface area contributed by atoms with Crippen molar-refractivity contribution in [2.75, 3.05) is 20.3 Å². The van der Waals surface area contributed by atoms with Gasteiger partial charge in [-0.25, -0.2) is 0 Å². The van der Waals surface area contributed by atoms with Gasteiger partial charge in [0.1, 0.15) is 5.75 Å². The summed E-state index contributed by atoms with van der Waals surface area (Å²) in [5.41, 5.74) is 7.00. The second kappa shape index (κ2) is 6.52. The van der Waals surface area contributed by atoms with Crippen LogP contribution in [0, 0.1) is 0 Å². The molecule has 0 aromatic carbocycles. The molecule has 2 rings (SSSR count). The Bertz CT molecular complexity index is 431. The van der Waals surface area contributed by atoms with Crippen molar-refractivity contribution in [2.24, 2.45) is 5.73 Å². The van der Waals surface area contributed by atoms with Gasteiger partial charge in [-0.1, -0.05) is 0 Å². The van der Waals surface area contributed by atoms with Crippen LogP contribution in [-0.4, -0.2) is 37.0 Å². The molecule has 2 N–H and O–H groups in total. The van der Waals surface area contributed by atoms with E-state index in [0.29, 0.717) is 13.2 Å². The first-order chi connectivity index (χ1) is 9.57. The van der Waals surface area contributed by atoms with Crippen LogP contribution in [0.4, 0.5) is 0 Å². The Balaban J connectivity index is 2.20. The Labute approximate surface area is 120 Å². The Morgan fingerprint density at radius 3 is 2.60 bits per heavy atom. The van der Waals surface area contributed by atoms with E-state index < -0.39 is 0 Å². The van der Waals surface area contributed by atoms with Crippen molar-refractivity contribution in [3.8, 4) is 5.75 Å². The summed E-state index contributed by atoms with van der Waals surface area (Å²) >= 11 is 0. The van der Waals surface area contributed by atoms with Gasteiger partial charge in [-0.05, 0) is 25.5 Å². The molecule has 0 radical (unpaired) electrons. The molecule has 0 saturated carbocycles. The van der Waals surface area contributed by atoms with Crippen LogP contribution in [0.1, 0.15) is 38.3 Å². The Morgan fingerprint density at radius 2 is 2.00 bits per heavy atom. The number of nitrogens with two attached hydrogens (primary N) is 1. The molecule has 1 aliphatic rings. The highest BCUT2D eigenvalue weighted by Gasteiger charge is 2.39. The highest BCUT2D eigenvalue weighted by atomic mass is 16.5. The van der Waals surface area contributed by atoms with Gasteiger partial charge in [0.05, 0.1) is 23.9 Å². The monoisotopic (exact) mass is 280 g/mol. The SMILES string of the molecule is COC1(C(N)c2cncc(OC(C)C)c2)CCOCC1. The van der Waals surface area contributed by atoms with Crippen LogP contribution in [0.25, 0.3) is 0 Å². The van der Waals surface area contributed by atoms with E-state index in [-0.39, 0.29) is 17.7 Å². The van der Waals surface area contributed by atoms with Gasteiger partial charge < -0.3 is 19.9 Å². The molecule has 112 valence electrons. The van der Waals surface area contributed by atoms with Crippen molar-refractivity contribution in [1.29, 1.82) is 0 Å². The van der Waals surface area contributed by atoms with E-state index in [1.54, 1.807) is 19.5 Å². The van der Waals surface area contributed by atoms with Crippen LogP contribution >= 0.6 is 0 Å². The zero-order chi connectivity index (χ0) is 14.6. The minimum atomic E-state index is -0.379. The van der Waals surface area contributed by atoms with Crippen molar-refractivity contribution in [2.45, 2.75) is 44.4 Å². The van der Waals surface area contributed by atoms with Crippen LogP contribution < -0.4 is 10.5 Å². The van der Waals surface area contributed by atoms with E-state index in [1.807, 2.05) is 19.9 Å². The lowest BCUT2D eigenvalue weighted by molar-refractivity contribution is -0.105. The fourth-order valence-corrected chi connectivity index (χ4v) is 2.61. The third-order valence-corrected chi connectivity index (χ3v) is 3.78. The predicted molar refractivity (Wildman–Crippen MR) is 76.7 cm³/mol. The molecule has 20 heavy (non-hydrogen) atoms. The van der Waals surface area contributed by atoms with Crippen LogP contribution in [0.15, 0.2) is 18.5 Å². The van der Waals surface area contributed by atoms with E-state index >= 15 is 0 Å². The standard InChI is InChI=1S/C15H24N2O3/c1-11(2)20-13-8-12(9-17-10-13)14(16)15(18-3)4-6-19-7-5-15/h8-11,14H,4-7,16H2,1-3H3. The molecular formula is C15H24N2O3. The van der Waals surface area contributed by atoms with Crippen LogP contribution in [-0.2, 0) is 9.47 Å². The zero-order valence-electron chi connectivity index (χ0n) is 12.5. The first-order valence-electron chi connectivity index (χ1n) is 7.07. The van der Waals surface area contributed by atoms with Crippen molar-refractivity contribution >= 4 is 0 Å². The summed E-state index contributed by atoms with van der Waals surface area (Å²) in [5.74, 6) is 0.742. The lowest BCUT2D eigenvalue weighted by Gasteiger charge is -2.40. The molecule has 5 heteroatoms. The largest absolute Gasteiger partial charge is 0.489 e. The van der Waals surface area contributed by atoms with Crippen molar-refractivity contribution in [1.82, 2.24) is 4.98 Å². The van der Waals surface area contributed by atoms with Crippen LogP contribution in [0.3, 0.4) is 0 Å². The molecule has 1 aromatic heterocycles. The number of ether oxygens (including phenoxy) is 3. The Morgan fingerprint density at radius 1 is 1.30 bits per heavy atom. The van der Waals surface area contributed by atoms with Crippen LogP contribution in [0.2, 0.25) is 0 Å². The second-order valence-electron chi connectivity index (χ2n) is 5.48. The summed E-state index contributed by atoms with van der Waals surface area (Å²) in [4.78, 5) is 4.23. The van der Waals surface area contributed by atoms with Crippen LogP contribution in [0.5, 0.6) is 5.75 Å². The molecule has 0 aliphatic carbocycles. The molecule has 1 fully saturated rings. The van der Waals surface area contributed by atoms with Gasteiger partial charge in [-0.3, -0.25) is 4.98 Å². The molecule has 1 aliphatic heterocycles. The molecule has 0 spiro atoms. The Kier molecular flexibility index (Phi) is 4.96. The number of methoxy groups -OCH3 is 1. The van der Waals surface area contributed by atoms with E-state index in [1.165, 1.54) is 0 Å². The molecular weight excluding hydrogens is 256 g/mol. The van der Waals surface area contributed by atoms with E-state index in [9.17, 15) is 0 Å². The summed E-state index contributed by atoms with van der Waals surface area (Å²) < 4.78 is 16.8. The average Bonchev–Trinajstić information content (AvgIpc) is 2.47. The van der Waals surface area contributed by atoms with E-state index in [0.717, 1.165) is 24.2 Å². The molecule has 1 aromatic rings. The lowest BCUT2D eigenvalue weighted by Crippen LogP contribution is -2.47. The first-order valence-corrected chi connectivity index (χ1v) is 7.07. The molecule has 0 amide bonds. The minimum absolute atomic E-state index is 0.114. The Hall–Kier alpha value is -1.17. The third-order valence-electron chi connectivity index (χ3n) is 3.78. The maximum absolute atomic E-state index is 6.44. The van der Waals surface area contributed by atoms with Gasteiger partial charge in [-0.2, -0.15) is 0 Å².